The van der Waals surface area contributed by atoms with Gasteiger partial charge < -0.3 is 15.5 Å². The third-order valence-corrected chi connectivity index (χ3v) is 5.77. The van der Waals surface area contributed by atoms with E-state index in [1.54, 1.807) is 0 Å². The summed E-state index contributed by atoms with van der Waals surface area (Å²) in [7, 11) is 0. The first-order chi connectivity index (χ1) is 16.2. The van der Waals surface area contributed by atoms with Gasteiger partial charge in [0.2, 0.25) is 0 Å². The van der Waals surface area contributed by atoms with Crippen LogP contribution in [-0.2, 0) is 0 Å². The van der Waals surface area contributed by atoms with Crippen molar-refractivity contribution in [2.24, 2.45) is 11.8 Å². The van der Waals surface area contributed by atoms with E-state index in [0.717, 1.165) is 36.2 Å². The number of benzene rings is 2. The fourth-order valence-electron chi connectivity index (χ4n) is 4.24. The summed E-state index contributed by atoms with van der Waals surface area (Å²) in [5.74, 6) is 2.29. The van der Waals surface area contributed by atoms with Gasteiger partial charge in [0.15, 0.2) is 0 Å². The summed E-state index contributed by atoms with van der Waals surface area (Å²) < 4.78 is 0. The summed E-state index contributed by atoms with van der Waals surface area (Å²) >= 11 is 0. The molecule has 0 bridgehead atoms. The zero-order valence-electron chi connectivity index (χ0n) is 21.6. The molecule has 5 heteroatoms. The molecule has 0 saturated carbocycles. The van der Waals surface area contributed by atoms with Crippen LogP contribution >= 0.6 is 0 Å². The molecule has 0 aliphatic heterocycles. The van der Waals surface area contributed by atoms with E-state index < -0.39 is 0 Å². The van der Waals surface area contributed by atoms with Crippen molar-refractivity contribution in [1.82, 2.24) is 15.2 Å². The SMILES string of the molecule is CC(C)CN(CCNC(=O)c1cc(Nc2ccc(C(C)C)cc2)nc2ccccc12)CC(C)C. The Morgan fingerprint density at radius 3 is 2.18 bits per heavy atom. The molecule has 0 atom stereocenters. The van der Waals surface area contributed by atoms with Crippen molar-refractivity contribution < 1.29 is 4.79 Å². The number of carbonyl (C=O) groups is 1. The lowest BCUT2D eigenvalue weighted by molar-refractivity contribution is 0.0948. The number of carbonyl (C=O) groups excluding carboxylic acids is 1. The molecule has 1 amide bonds. The summed E-state index contributed by atoms with van der Waals surface area (Å²) in [6.07, 6.45) is 0. The van der Waals surface area contributed by atoms with Crippen molar-refractivity contribution in [3.63, 3.8) is 0 Å². The number of hydrogen-bond acceptors (Lipinski definition) is 4. The largest absolute Gasteiger partial charge is 0.351 e. The van der Waals surface area contributed by atoms with E-state index in [1.165, 1.54) is 5.56 Å². The van der Waals surface area contributed by atoms with Gasteiger partial charge in [0.05, 0.1) is 11.1 Å². The van der Waals surface area contributed by atoms with Gasteiger partial charge in [0.25, 0.3) is 5.91 Å². The lowest BCUT2D eigenvalue weighted by atomic mass is 10.0. The summed E-state index contributed by atoms with van der Waals surface area (Å²) in [5, 5.41) is 7.38. The van der Waals surface area contributed by atoms with Crippen molar-refractivity contribution in [1.29, 1.82) is 0 Å². The van der Waals surface area contributed by atoms with E-state index in [9.17, 15) is 4.79 Å². The van der Waals surface area contributed by atoms with Crippen LogP contribution in [0, 0.1) is 11.8 Å². The van der Waals surface area contributed by atoms with E-state index >= 15 is 0 Å². The Morgan fingerprint density at radius 1 is 0.912 bits per heavy atom. The number of para-hydroxylation sites is 1. The highest BCUT2D eigenvalue weighted by Crippen LogP contribution is 2.24. The van der Waals surface area contributed by atoms with Crippen LogP contribution in [0.25, 0.3) is 10.9 Å². The molecule has 3 rings (SSSR count). The molecular formula is C29H40N4O. The van der Waals surface area contributed by atoms with Crippen LogP contribution < -0.4 is 10.6 Å². The number of aromatic nitrogens is 1. The lowest BCUT2D eigenvalue weighted by Crippen LogP contribution is -2.38. The first kappa shape index (κ1) is 25.7. The first-order valence-corrected chi connectivity index (χ1v) is 12.5. The Balaban J connectivity index is 1.76. The van der Waals surface area contributed by atoms with Crippen molar-refractivity contribution >= 4 is 28.3 Å². The molecule has 3 aromatic rings. The smallest absolute Gasteiger partial charge is 0.252 e. The van der Waals surface area contributed by atoms with Crippen molar-refractivity contribution in [2.45, 2.75) is 47.5 Å². The molecule has 2 N–H and O–H groups in total. The van der Waals surface area contributed by atoms with Crippen LogP contribution in [0.4, 0.5) is 11.5 Å². The van der Waals surface area contributed by atoms with Gasteiger partial charge >= 0.3 is 0 Å². The minimum atomic E-state index is -0.0640. The molecular weight excluding hydrogens is 420 g/mol. The van der Waals surface area contributed by atoms with Crippen LogP contribution in [0.3, 0.4) is 0 Å². The fraction of sp³-hybridized carbons (Fsp3) is 0.448. The highest BCUT2D eigenvalue weighted by atomic mass is 16.1. The summed E-state index contributed by atoms with van der Waals surface area (Å²) in [5.41, 5.74) is 3.70. The van der Waals surface area contributed by atoms with Crippen molar-refractivity contribution in [3.8, 4) is 0 Å². The molecule has 1 heterocycles. The minimum Gasteiger partial charge on any atom is -0.351 e. The molecule has 0 spiro atoms. The minimum absolute atomic E-state index is 0.0640. The Hall–Kier alpha value is -2.92. The maximum atomic E-state index is 13.2. The van der Waals surface area contributed by atoms with E-state index in [0.29, 0.717) is 35.7 Å². The molecule has 182 valence electrons. The number of fused-ring (bicyclic) bond motifs is 1. The van der Waals surface area contributed by atoms with Crippen LogP contribution in [0.15, 0.2) is 54.6 Å². The highest BCUT2D eigenvalue weighted by molar-refractivity contribution is 6.07. The maximum absolute atomic E-state index is 13.2. The normalized spacial score (nSPS) is 11.7. The molecule has 0 radical (unpaired) electrons. The van der Waals surface area contributed by atoms with Gasteiger partial charge in [0.1, 0.15) is 5.82 Å². The summed E-state index contributed by atoms with van der Waals surface area (Å²) in [6.45, 7) is 16.9. The maximum Gasteiger partial charge on any atom is 0.252 e. The van der Waals surface area contributed by atoms with Gasteiger partial charge in [-0.25, -0.2) is 4.98 Å². The number of hydrogen-bond donors (Lipinski definition) is 2. The van der Waals surface area contributed by atoms with Gasteiger partial charge in [-0.05, 0) is 47.6 Å². The number of amides is 1. The van der Waals surface area contributed by atoms with E-state index in [1.807, 2.05) is 30.3 Å². The fourth-order valence-corrected chi connectivity index (χ4v) is 4.24. The number of nitrogens with zero attached hydrogens (tertiary/aromatic N) is 2. The van der Waals surface area contributed by atoms with Crippen LogP contribution in [-0.4, -0.2) is 42.0 Å². The van der Waals surface area contributed by atoms with Crippen molar-refractivity contribution in [2.75, 3.05) is 31.5 Å². The van der Waals surface area contributed by atoms with Gasteiger partial charge in [-0.1, -0.05) is 71.9 Å². The topological polar surface area (TPSA) is 57.3 Å². The van der Waals surface area contributed by atoms with E-state index in [-0.39, 0.29) is 5.91 Å². The Morgan fingerprint density at radius 2 is 1.56 bits per heavy atom. The molecule has 0 aliphatic carbocycles. The molecule has 0 fully saturated rings. The molecule has 0 aliphatic rings. The standard InChI is InChI=1S/C29H40N4O/c1-20(2)18-33(19-21(3)4)16-15-30-29(34)26-17-28(32-27-10-8-7-9-25(26)27)31-24-13-11-23(12-14-24)22(5)6/h7-14,17,20-22H,15-16,18-19H2,1-6H3,(H,30,34)(H,31,32). The van der Waals surface area contributed by atoms with Crippen molar-refractivity contribution in [3.05, 3.63) is 65.7 Å². The average molecular weight is 461 g/mol. The molecule has 5 nitrogen and oxygen atoms in total. The zero-order chi connectivity index (χ0) is 24.7. The predicted molar refractivity (Wildman–Crippen MR) is 144 cm³/mol. The zero-order valence-corrected chi connectivity index (χ0v) is 21.6. The third-order valence-electron chi connectivity index (χ3n) is 5.77. The Kier molecular flexibility index (Phi) is 9.05. The highest BCUT2D eigenvalue weighted by Gasteiger charge is 2.15. The quantitative estimate of drug-likeness (QED) is 0.345. The Bertz CT molecular complexity index is 1060. The second-order valence-corrected chi connectivity index (χ2v) is 10.3. The molecule has 0 saturated heterocycles. The monoisotopic (exact) mass is 460 g/mol. The predicted octanol–water partition coefficient (Wildman–Crippen LogP) is 6.45. The van der Waals surface area contributed by atoms with Gasteiger partial charge in [0, 0.05) is 37.3 Å². The second kappa shape index (κ2) is 12.0. The van der Waals surface area contributed by atoms with Gasteiger partial charge in [-0.2, -0.15) is 0 Å². The van der Waals surface area contributed by atoms with E-state index in [4.69, 9.17) is 4.98 Å². The van der Waals surface area contributed by atoms with E-state index in [2.05, 4.69) is 81.3 Å². The third kappa shape index (κ3) is 7.29. The van der Waals surface area contributed by atoms with Crippen LogP contribution in [0.2, 0.25) is 0 Å². The molecule has 0 unspecified atom stereocenters. The molecule has 2 aromatic carbocycles. The number of nitrogens with one attached hydrogen (secondary N) is 2. The average Bonchev–Trinajstić information content (AvgIpc) is 2.78. The van der Waals surface area contributed by atoms with Gasteiger partial charge in [-0.15, -0.1) is 0 Å². The van der Waals surface area contributed by atoms with Crippen LogP contribution in [0.5, 0.6) is 0 Å². The summed E-state index contributed by atoms with van der Waals surface area (Å²) in [6, 6.07) is 18.0. The number of anilines is 2. The van der Waals surface area contributed by atoms with Gasteiger partial charge in [-0.3, -0.25) is 4.79 Å². The molecule has 1 aromatic heterocycles. The Labute approximate surface area is 205 Å². The number of pyridine rings is 1. The molecule has 34 heavy (non-hydrogen) atoms. The lowest BCUT2D eigenvalue weighted by Gasteiger charge is -2.26. The number of rotatable bonds is 11. The van der Waals surface area contributed by atoms with Crippen LogP contribution in [0.1, 0.15) is 63.4 Å². The second-order valence-electron chi connectivity index (χ2n) is 10.3. The summed E-state index contributed by atoms with van der Waals surface area (Å²) in [4.78, 5) is 20.4. The first-order valence-electron chi connectivity index (χ1n) is 12.5.